The van der Waals surface area contributed by atoms with Gasteiger partial charge in [-0.15, -0.1) is 0 Å². The van der Waals surface area contributed by atoms with Crippen LogP contribution in [0.4, 0.5) is 0 Å². The summed E-state index contributed by atoms with van der Waals surface area (Å²) in [6, 6.07) is 0. The molecule has 0 amide bonds. The molecular formula is C17H30N2O. The number of imidazole rings is 1. The van der Waals surface area contributed by atoms with Crippen molar-refractivity contribution in [2.45, 2.75) is 77.2 Å². The summed E-state index contributed by atoms with van der Waals surface area (Å²) in [5.41, 5.74) is 1.20. The summed E-state index contributed by atoms with van der Waals surface area (Å²) >= 11 is 0. The maximum absolute atomic E-state index is 10.3. The molecule has 3 atom stereocenters. The summed E-state index contributed by atoms with van der Waals surface area (Å²) in [5, 5.41) is 10.3. The van der Waals surface area contributed by atoms with E-state index in [0.29, 0.717) is 11.8 Å². The molecular weight excluding hydrogens is 248 g/mol. The Kier molecular flexibility index (Phi) is 5.64. The molecule has 2 aliphatic rings. The summed E-state index contributed by atoms with van der Waals surface area (Å²) in [6.45, 7) is 0. The van der Waals surface area contributed by atoms with Gasteiger partial charge in [0, 0.05) is 17.8 Å². The van der Waals surface area contributed by atoms with Gasteiger partial charge in [0.25, 0.3) is 0 Å². The van der Waals surface area contributed by atoms with Crippen LogP contribution in [0.2, 0.25) is 0 Å². The molecule has 0 aliphatic heterocycles. The normalized spacial score (nSPS) is 27.9. The van der Waals surface area contributed by atoms with Crippen molar-refractivity contribution in [3.8, 4) is 0 Å². The quantitative estimate of drug-likeness (QED) is 0.816. The van der Waals surface area contributed by atoms with Crippen LogP contribution in [0.15, 0.2) is 12.5 Å². The minimum atomic E-state index is -0.100. The maximum atomic E-state index is 10.3. The van der Waals surface area contributed by atoms with E-state index in [-0.39, 0.29) is 13.5 Å². The number of aromatic nitrogens is 2. The molecule has 2 aliphatic carbocycles. The second-order valence-electron chi connectivity index (χ2n) is 6.52. The van der Waals surface area contributed by atoms with Crippen molar-refractivity contribution in [1.82, 2.24) is 9.97 Å². The number of nitrogens with one attached hydrogen (secondary N) is 1. The lowest BCUT2D eigenvalue weighted by Gasteiger charge is -2.21. The van der Waals surface area contributed by atoms with Crippen LogP contribution >= 0.6 is 0 Å². The van der Waals surface area contributed by atoms with E-state index in [2.05, 4.69) is 9.97 Å². The van der Waals surface area contributed by atoms with E-state index >= 15 is 0 Å². The minimum Gasteiger partial charge on any atom is -0.393 e. The SMILES string of the molecule is C.OC(CCCC1CCCCC1)[C@H]1C[C@@H]1c1cnc[nH]1. The average Bonchev–Trinajstić information content (AvgIpc) is 3.06. The molecule has 0 radical (unpaired) electrons. The number of rotatable bonds is 6. The Labute approximate surface area is 123 Å². The van der Waals surface area contributed by atoms with Gasteiger partial charge in [0.1, 0.15) is 0 Å². The molecule has 3 heteroatoms. The average molecular weight is 278 g/mol. The Morgan fingerprint density at radius 3 is 2.80 bits per heavy atom. The smallest absolute Gasteiger partial charge is 0.0921 e. The molecule has 2 saturated carbocycles. The fourth-order valence-corrected chi connectivity index (χ4v) is 3.77. The van der Waals surface area contributed by atoms with Gasteiger partial charge in [-0.1, -0.05) is 52.4 Å². The largest absolute Gasteiger partial charge is 0.393 e. The van der Waals surface area contributed by atoms with E-state index in [1.54, 1.807) is 6.33 Å². The summed E-state index contributed by atoms with van der Waals surface area (Å²) in [5.74, 6) is 1.96. The molecule has 1 heterocycles. The Bertz CT molecular complexity index is 370. The fourth-order valence-electron chi connectivity index (χ4n) is 3.77. The van der Waals surface area contributed by atoms with E-state index in [1.807, 2.05) is 6.20 Å². The molecule has 2 N–H and O–H groups in total. The van der Waals surface area contributed by atoms with Crippen LogP contribution in [0.5, 0.6) is 0 Å². The van der Waals surface area contributed by atoms with Gasteiger partial charge in [-0.2, -0.15) is 0 Å². The molecule has 0 aromatic carbocycles. The third kappa shape index (κ3) is 3.85. The van der Waals surface area contributed by atoms with Gasteiger partial charge in [0.2, 0.25) is 0 Å². The van der Waals surface area contributed by atoms with Crippen LogP contribution in [-0.4, -0.2) is 21.2 Å². The number of hydrogen-bond acceptors (Lipinski definition) is 2. The number of aliphatic hydroxyl groups is 1. The first-order valence-corrected chi connectivity index (χ1v) is 8.01. The molecule has 0 spiro atoms. The van der Waals surface area contributed by atoms with Crippen molar-refractivity contribution in [2.24, 2.45) is 11.8 Å². The van der Waals surface area contributed by atoms with Crippen LogP contribution in [0.25, 0.3) is 0 Å². The second-order valence-corrected chi connectivity index (χ2v) is 6.52. The first-order valence-electron chi connectivity index (χ1n) is 8.01. The number of aliphatic hydroxyl groups excluding tert-OH is 1. The molecule has 1 aromatic rings. The maximum Gasteiger partial charge on any atom is 0.0921 e. The highest BCUT2D eigenvalue weighted by molar-refractivity contribution is 5.15. The lowest BCUT2D eigenvalue weighted by Crippen LogP contribution is -2.12. The summed E-state index contributed by atoms with van der Waals surface area (Å²) in [6.07, 6.45) is 15.3. The lowest BCUT2D eigenvalue weighted by atomic mass is 9.85. The lowest BCUT2D eigenvalue weighted by molar-refractivity contribution is 0.132. The molecule has 0 bridgehead atoms. The second kappa shape index (κ2) is 7.26. The van der Waals surface area contributed by atoms with E-state index in [1.165, 1.54) is 50.6 Å². The summed E-state index contributed by atoms with van der Waals surface area (Å²) in [4.78, 5) is 7.23. The zero-order valence-corrected chi connectivity index (χ0v) is 11.7. The van der Waals surface area contributed by atoms with Crippen LogP contribution in [0.1, 0.15) is 76.8 Å². The zero-order chi connectivity index (χ0) is 13.1. The van der Waals surface area contributed by atoms with Gasteiger partial charge in [-0.05, 0) is 24.7 Å². The Morgan fingerprint density at radius 2 is 2.10 bits per heavy atom. The predicted molar refractivity (Wildman–Crippen MR) is 82.6 cm³/mol. The van der Waals surface area contributed by atoms with Crippen molar-refractivity contribution in [2.75, 3.05) is 0 Å². The van der Waals surface area contributed by atoms with Crippen molar-refractivity contribution < 1.29 is 5.11 Å². The number of hydrogen-bond donors (Lipinski definition) is 2. The number of H-pyrrole nitrogens is 1. The van der Waals surface area contributed by atoms with Crippen molar-refractivity contribution in [3.05, 3.63) is 18.2 Å². The van der Waals surface area contributed by atoms with E-state index in [0.717, 1.165) is 18.8 Å². The third-order valence-corrected chi connectivity index (χ3v) is 5.09. The summed E-state index contributed by atoms with van der Waals surface area (Å²) in [7, 11) is 0. The van der Waals surface area contributed by atoms with Crippen LogP contribution in [-0.2, 0) is 0 Å². The summed E-state index contributed by atoms with van der Waals surface area (Å²) < 4.78 is 0. The van der Waals surface area contributed by atoms with E-state index in [9.17, 15) is 5.11 Å². The number of aromatic amines is 1. The highest BCUT2D eigenvalue weighted by atomic mass is 16.3. The minimum absolute atomic E-state index is 0. The van der Waals surface area contributed by atoms with Crippen LogP contribution < -0.4 is 0 Å². The monoisotopic (exact) mass is 278 g/mol. The van der Waals surface area contributed by atoms with E-state index in [4.69, 9.17) is 0 Å². The number of nitrogens with zero attached hydrogens (tertiary/aromatic N) is 1. The standard InChI is InChI=1S/C16H26N2O.CH4/c19-16(8-4-7-12-5-2-1-3-6-12)14-9-13(14)15-10-17-11-18-15;/h10-14,16,19H,1-9H2,(H,17,18);1H4/t13-,14-,16?;/m0./s1. The van der Waals surface area contributed by atoms with Crippen molar-refractivity contribution >= 4 is 0 Å². The van der Waals surface area contributed by atoms with Crippen LogP contribution in [0.3, 0.4) is 0 Å². The molecule has 0 saturated heterocycles. The van der Waals surface area contributed by atoms with Crippen LogP contribution in [0, 0.1) is 11.8 Å². The van der Waals surface area contributed by atoms with Gasteiger partial charge in [0.05, 0.1) is 12.4 Å². The van der Waals surface area contributed by atoms with Crippen molar-refractivity contribution in [3.63, 3.8) is 0 Å². The molecule has 1 unspecified atom stereocenters. The van der Waals surface area contributed by atoms with E-state index < -0.39 is 0 Å². The molecule has 1 aromatic heterocycles. The fraction of sp³-hybridized carbons (Fsp3) is 0.824. The Hall–Kier alpha value is -0.830. The first-order chi connectivity index (χ1) is 9.34. The topological polar surface area (TPSA) is 48.9 Å². The Balaban J connectivity index is 0.00000147. The highest BCUT2D eigenvalue weighted by Gasteiger charge is 2.43. The molecule has 20 heavy (non-hydrogen) atoms. The first kappa shape index (κ1) is 15.6. The predicted octanol–water partition coefficient (Wildman–Crippen LogP) is 4.26. The molecule has 114 valence electrons. The van der Waals surface area contributed by atoms with Gasteiger partial charge >= 0.3 is 0 Å². The van der Waals surface area contributed by atoms with Gasteiger partial charge < -0.3 is 10.1 Å². The molecule has 2 fully saturated rings. The highest BCUT2D eigenvalue weighted by Crippen LogP contribution is 2.49. The Morgan fingerprint density at radius 1 is 1.30 bits per heavy atom. The van der Waals surface area contributed by atoms with Gasteiger partial charge in [-0.25, -0.2) is 4.98 Å². The van der Waals surface area contributed by atoms with Gasteiger partial charge in [0.15, 0.2) is 0 Å². The molecule has 3 rings (SSSR count). The van der Waals surface area contributed by atoms with Gasteiger partial charge in [-0.3, -0.25) is 0 Å². The third-order valence-electron chi connectivity index (χ3n) is 5.09. The zero-order valence-electron chi connectivity index (χ0n) is 11.7. The van der Waals surface area contributed by atoms with Crippen molar-refractivity contribution in [1.29, 1.82) is 0 Å². The molecule has 3 nitrogen and oxygen atoms in total.